The van der Waals surface area contributed by atoms with Crippen molar-refractivity contribution in [1.82, 2.24) is 10.2 Å². The molecule has 0 spiro atoms. The van der Waals surface area contributed by atoms with E-state index in [1.807, 2.05) is 12.1 Å². The summed E-state index contributed by atoms with van der Waals surface area (Å²) >= 11 is 5.87. The van der Waals surface area contributed by atoms with Gasteiger partial charge in [0, 0.05) is 31.2 Å². The maximum Gasteiger partial charge on any atom is 0.0406 e. The van der Waals surface area contributed by atoms with Crippen molar-refractivity contribution in [3.63, 3.8) is 0 Å². The lowest BCUT2D eigenvalue weighted by molar-refractivity contribution is 0.352. The van der Waals surface area contributed by atoms with Crippen molar-refractivity contribution in [3.8, 4) is 0 Å². The lowest BCUT2D eigenvalue weighted by Gasteiger charge is -2.25. The van der Waals surface area contributed by atoms with E-state index in [4.69, 9.17) is 11.6 Å². The number of likely N-dealkylation sites (N-methyl/N-ethyl adjacent to an activating group) is 1. The third-order valence-electron chi connectivity index (χ3n) is 3.15. The van der Waals surface area contributed by atoms with E-state index in [-0.39, 0.29) is 0 Å². The summed E-state index contributed by atoms with van der Waals surface area (Å²) in [6.07, 6.45) is 0. The molecule has 1 aromatic rings. The minimum Gasteiger partial charge on any atom is -0.309 e. The van der Waals surface area contributed by atoms with Crippen molar-refractivity contribution in [3.05, 3.63) is 46.0 Å². The molecule has 92 valence electrons. The third kappa shape index (κ3) is 3.56. The van der Waals surface area contributed by atoms with Gasteiger partial charge in [-0.1, -0.05) is 29.3 Å². The molecule has 0 atom stereocenters. The number of hydrogen-bond acceptors (Lipinski definition) is 2. The van der Waals surface area contributed by atoms with Gasteiger partial charge in [-0.25, -0.2) is 0 Å². The number of nitrogens with one attached hydrogen (secondary N) is 1. The van der Waals surface area contributed by atoms with Crippen LogP contribution in [0.15, 0.2) is 35.4 Å². The molecule has 1 aliphatic heterocycles. The van der Waals surface area contributed by atoms with Gasteiger partial charge in [-0.15, -0.1) is 0 Å². The summed E-state index contributed by atoms with van der Waals surface area (Å²) in [7, 11) is 2.16. The highest BCUT2D eigenvalue weighted by Crippen LogP contribution is 2.13. The smallest absolute Gasteiger partial charge is 0.0406 e. The monoisotopic (exact) mass is 250 g/mol. The molecule has 1 aliphatic rings. The molecule has 0 unspecified atom stereocenters. The fraction of sp³-hybridized carbons (Fsp3) is 0.429. The predicted molar refractivity (Wildman–Crippen MR) is 73.4 cm³/mol. The summed E-state index contributed by atoms with van der Waals surface area (Å²) in [5, 5.41) is 4.08. The van der Waals surface area contributed by atoms with Gasteiger partial charge >= 0.3 is 0 Å². The van der Waals surface area contributed by atoms with Crippen LogP contribution in [0.5, 0.6) is 0 Å². The summed E-state index contributed by atoms with van der Waals surface area (Å²) in [6.45, 7) is 6.38. The van der Waals surface area contributed by atoms with Crippen LogP contribution in [0.4, 0.5) is 0 Å². The van der Waals surface area contributed by atoms with Crippen LogP contribution in [0.1, 0.15) is 12.5 Å². The Morgan fingerprint density at radius 1 is 1.29 bits per heavy atom. The highest BCUT2D eigenvalue weighted by atomic mass is 35.5. The van der Waals surface area contributed by atoms with Gasteiger partial charge in [-0.2, -0.15) is 0 Å². The average molecular weight is 251 g/mol. The summed E-state index contributed by atoms with van der Waals surface area (Å²) in [4.78, 5) is 2.34. The fourth-order valence-electron chi connectivity index (χ4n) is 2.03. The maximum absolute atomic E-state index is 5.87. The zero-order chi connectivity index (χ0) is 12.3. The van der Waals surface area contributed by atoms with Crippen LogP contribution in [0.3, 0.4) is 0 Å². The molecule has 2 rings (SSSR count). The van der Waals surface area contributed by atoms with E-state index in [0.717, 1.165) is 31.2 Å². The summed E-state index contributed by atoms with van der Waals surface area (Å²) in [5.41, 5.74) is 4.37. The van der Waals surface area contributed by atoms with E-state index in [0.29, 0.717) is 0 Å². The number of hydrogen-bond donors (Lipinski definition) is 1. The Morgan fingerprint density at radius 3 is 2.47 bits per heavy atom. The topological polar surface area (TPSA) is 15.3 Å². The first kappa shape index (κ1) is 12.6. The molecule has 1 fully saturated rings. The van der Waals surface area contributed by atoms with Crippen LogP contribution in [-0.2, 0) is 6.54 Å². The molecular weight excluding hydrogens is 232 g/mol. The molecule has 1 heterocycles. The second-order valence-corrected chi connectivity index (χ2v) is 5.22. The fourth-order valence-corrected chi connectivity index (χ4v) is 2.15. The molecule has 17 heavy (non-hydrogen) atoms. The largest absolute Gasteiger partial charge is 0.309 e. The Hall–Kier alpha value is -0.830. The van der Waals surface area contributed by atoms with E-state index in [2.05, 4.69) is 36.3 Å². The molecular formula is C14H19ClN2. The van der Waals surface area contributed by atoms with Crippen molar-refractivity contribution in [2.75, 3.05) is 26.7 Å². The van der Waals surface area contributed by atoms with Gasteiger partial charge in [-0.3, -0.25) is 4.90 Å². The minimum absolute atomic E-state index is 0.801. The van der Waals surface area contributed by atoms with Crippen LogP contribution in [-0.4, -0.2) is 31.6 Å². The molecule has 0 amide bonds. The van der Waals surface area contributed by atoms with Crippen LogP contribution in [0.2, 0.25) is 5.02 Å². The molecule has 2 nitrogen and oxygen atoms in total. The van der Waals surface area contributed by atoms with Gasteiger partial charge in [-0.05, 0) is 37.2 Å². The molecule has 3 heteroatoms. The molecule has 1 saturated heterocycles. The number of halogens is 1. The summed E-state index contributed by atoms with van der Waals surface area (Å²) in [5.74, 6) is 0. The Morgan fingerprint density at radius 2 is 1.94 bits per heavy atom. The maximum atomic E-state index is 5.87. The van der Waals surface area contributed by atoms with Crippen molar-refractivity contribution >= 4 is 11.6 Å². The predicted octanol–water partition coefficient (Wildman–Crippen LogP) is 2.69. The molecule has 0 radical (unpaired) electrons. The van der Waals surface area contributed by atoms with E-state index in [1.54, 1.807) is 5.57 Å². The van der Waals surface area contributed by atoms with Gasteiger partial charge in [0.2, 0.25) is 0 Å². The van der Waals surface area contributed by atoms with Crippen molar-refractivity contribution in [2.24, 2.45) is 0 Å². The number of benzene rings is 1. The van der Waals surface area contributed by atoms with E-state index in [9.17, 15) is 0 Å². The Labute approximate surface area is 108 Å². The summed E-state index contributed by atoms with van der Waals surface area (Å²) < 4.78 is 0. The van der Waals surface area contributed by atoms with Crippen LogP contribution in [0, 0.1) is 0 Å². The van der Waals surface area contributed by atoms with E-state index in [1.165, 1.54) is 11.1 Å². The van der Waals surface area contributed by atoms with Crippen molar-refractivity contribution in [1.29, 1.82) is 0 Å². The minimum atomic E-state index is 0.801. The zero-order valence-corrected chi connectivity index (χ0v) is 11.2. The first-order valence-corrected chi connectivity index (χ1v) is 6.34. The van der Waals surface area contributed by atoms with Crippen LogP contribution < -0.4 is 5.32 Å². The molecule has 1 N–H and O–H groups in total. The Balaban J connectivity index is 1.88. The molecule has 0 aliphatic carbocycles. The van der Waals surface area contributed by atoms with Crippen molar-refractivity contribution < 1.29 is 0 Å². The molecule has 1 aromatic carbocycles. The normalized spacial score (nSPS) is 14.9. The molecule has 0 saturated carbocycles. The standard InChI is InChI=1S/C14H19ClN2/c1-11(13-7-16-8-13)9-17(2)10-12-3-5-14(15)6-4-12/h3-6,16H,7-10H2,1-2H3. The Kier molecular flexibility index (Phi) is 4.21. The van der Waals surface area contributed by atoms with Crippen molar-refractivity contribution in [2.45, 2.75) is 13.5 Å². The second kappa shape index (κ2) is 5.67. The SMILES string of the molecule is CC(CN(C)Cc1ccc(Cl)cc1)=C1CNC1. The first-order chi connectivity index (χ1) is 8.15. The number of rotatable bonds is 4. The molecule has 0 aromatic heterocycles. The van der Waals surface area contributed by atoms with E-state index < -0.39 is 0 Å². The van der Waals surface area contributed by atoms with Gasteiger partial charge in [0.05, 0.1) is 0 Å². The van der Waals surface area contributed by atoms with Crippen LogP contribution in [0.25, 0.3) is 0 Å². The lowest BCUT2D eigenvalue weighted by atomic mass is 10.0. The summed E-state index contributed by atoms with van der Waals surface area (Å²) in [6, 6.07) is 8.08. The first-order valence-electron chi connectivity index (χ1n) is 5.96. The number of nitrogens with zero attached hydrogens (tertiary/aromatic N) is 1. The van der Waals surface area contributed by atoms with E-state index >= 15 is 0 Å². The van der Waals surface area contributed by atoms with Gasteiger partial charge in [0.15, 0.2) is 0 Å². The Bertz CT molecular complexity index is 403. The van der Waals surface area contributed by atoms with Gasteiger partial charge in [0.25, 0.3) is 0 Å². The zero-order valence-electron chi connectivity index (χ0n) is 10.5. The quantitative estimate of drug-likeness (QED) is 0.827. The van der Waals surface area contributed by atoms with Crippen LogP contribution >= 0.6 is 11.6 Å². The highest BCUT2D eigenvalue weighted by molar-refractivity contribution is 6.30. The highest BCUT2D eigenvalue weighted by Gasteiger charge is 2.11. The third-order valence-corrected chi connectivity index (χ3v) is 3.41. The average Bonchev–Trinajstić information content (AvgIpc) is 2.18. The van der Waals surface area contributed by atoms with Gasteiger partial charge in [0.1, 0.15) is 0 Å². The van der Waals surface area contributed by atoms with Gasteiger partial charge < -0.3 is 5.32 Å². The molecule has 0 bridgehead atoms. The second-order valence-electron chi connectivity index (χ2n) is 4.79. The lowest BCUT2D eigenvalue weighted by Crippen LogP contribution is -2.36.